The first-order valence-corrected chi connectivity index (χ1v) is 5.87. The van der Waals surface area contributed by atoms with Crippen LogP contribution in [0.3, 0.4) is 0 Å². The number of rotatable bonds is 5. The molecule has 1 rings (SSSR count). The number of thiocarbonyl (C=S) groups is 1. The fourth-order valence-corrected chi connectivity index (χ4v) is 1.49. The molecule has 0 amide bonds. The highest BCUT2D eigenvalue weighted by molar-refractivity contribution is 7.80. The van der Waals surface area contributed by atoms with Gasteiger partial charge in [-0.2, -0.15) is 0 Å². The third-order valence-corrected chi connectivity index (χ3v) is 2.44. The zero-order valence-electron chi connectivity index (χ0n) is 9.03. The monoisotopic (exact) mass is 271 g/mol. The maximum atomic E-state index is 10.2. The van der Waals surface area contributed by atoms with Crippen LogP contribution in [0.4, 0.5) is 5.69 Å². The van der Waals surface area contributed by atoms with Gasteiger partial charge in [-0.05, 0) is 49.3 Å². The van der Waals surface area contributed by atoms with Crippen LogP contribution >= 0.6 is 23.8 Å². The Labute approximate surface area is 110 Å². The molecule has 0 aliphatic rings. The molecule has 0 atom stereocenters. The number of nitrogens with one attached hydrogen (secondary N) is 2. The number of hydrogen-bond acceptors (Lipinski definition) is 3. The summed E-state index contributed by atoms with van der Waals surface area (Å²) in [6.45, 7) is 0.493. The van der Waals surface area contributed by atoms with Crippen LogP contribution in [-0.4, -0.2) is 17.6 Å². The van der Waals surface area contributed by atoms with E-state index in [0.29, 0.717) is 23.1 Å². The van der Waals surface area contributed by atoms with Crippen molar-refractivity contribution in [3.63, 3.8) is 0 Å². The van der Waals surface area contributed by atoms with E-state index in [2.05, 4.69) is 10.6 Å². The van der Waals surface area contributed by atoms with Gasteiger partial charge in [-0.3, -0.25) is 0 Å². The summed E-state index contributed by atoms with van der Waals surface area (Å²) in [5.74, 6) is -1.05. The van der Waals surface area contributed by atoms with Crippen LogP contribution in [0.25, 0.3) is 0 Å². The summed E-state index contributed by atoms with van der Waals surface area (Å²) in [6, 6.07) is 7.11. The lowest BCUT2D eigenvalue weighted by molar-refractivity contribution is -0.305. The molecule has 0 unspecified atom stereocenters. The number of hydrogen-bond donors (Lipinski definition) is 2. The van der Waals surface area contributed by atoms with Gasteiger partial charge in [-0.1, -0.05) is 11.6 Å². The smallest absolute Gasteiger partial charge is 0.170 e. The second-order valence-corrected chi connectivity index (χ2v) is 4.21. The summed E-state index contributed by atoms with van der Waals surface area (Å²) in [4.78, 5) is 10.2. The zero-order chi connectivity index (χ0) is 12.7. The Bertz CT molecular complexity index is 395. The van der Waals surface area contributed by atoms with Crippen molar-refractivity contribution in [1.82, 2.24) is 5.32 Å². The number of halogens is 1. The highest BCUT2D eigenvalue weighted by Gasteiger charge is 1.97. The number of carboxylic acid groups (broad SMARTS) is 1. The van der Waals surface area contributed by atoms with E-state index >= 15 is 0 Å². The van der Waals surface area contributed by atoms with Crippen molar-refractivity contribution in [3.05, 3.63) is 29.3 Å². The van der Waals surface area contributed by atoms with Gasteiger partial charge in [-0.15, -0.1) is 0 Å². The minimum atomic E-state index is -1.05. The lowest BCUT2D eigenvalue weighted by atomic mass is 10.3. The summed E-state index contributed by atoms with van der Waals surface area (Å²) < 4.78 is 0. The van der Waals surface area contributed by atoms with Gasteiger partial charge >= 0.3 is 0 Å². The Balaban J connectivity index is 2.25. The summed E-state index contributed by atoms with van der Waals surface area (Å²) in [7, 11) is 0. The van der Waals surface area contributed by atoms with Crippen molar-refractivity contribution >= 4 is 40.6 Å². The maximum Gasteiger partial charge on any atom is 0.170 e. The molecule has 0 aliphatic carbocycles. The Morgan fingerprint density at radius 2 is 2.00 bits per heavy atom. The van der Waals surface area contributed by atoms with Crippen molar-refractivity contribution < 1.29 is 9.90 Å². The Morgan fingerprint density at radius 3 is 2.59 bits per heavy atom. The van der Waals surface area contributed by atoms with Gasteiger partial charge in [0.05, 0.1) is 0 Å². The summed E-state index contributed by atoms with van der Waals surface area (Å²) >= 11 is 10.8. The molecule has 0 fully saturated rings. The number of carbonyl (C=O) groups is 1. The van der Waals surface area contributed by atoms with Crippen molar-refractivity contribution in [2.45, 2.75) is 12.8 Å². The molecule has 0 radical (unpaired) electrons. The topological polar surface area (TPSA) is 64.2 Å². The predicted molar refractivity (Wildman–Crippen MR) is 69.9 cm³/mol. The number of carbonyl (C=O) groups excluding carboxylic acids is 1. The van der Waals surface area contributed by atoms with Crippen LogP contribution in [0.2, 0.25) is 5.02 Å². The van der Waals surface area contributed by atoms with Crippen molar-refractivity contribution in [1.29, 1.82) is 0 Å². The molecule has 1 aromatic rings. The maximum absolute atomic E-state index is 10.2. The molecule has 0 aromatic heterocycles. The van der Waals surface area contributed by atoms with Gasteiger partial charge in [0.2, 0.25) is 0 Å². The van der Waals surface area contributed by atoms with Gasteiger partial charge in [0, 0.05) is 23.2 Å². The van der Waals surface area contributed by atoms with Crippen molar-refractivity contribution in [3.8, 4) is 0 Å². The number of benzene rings is 1. The summed E-state index contributed by atoms with van der Waals surface area (Å²) in [5, 5.41) is 17.1. The summed E-state index contributed by atoms with van der Waals surface area (Å²) in [6.07, 6.45) is 0.501. The molecule has 0 aliphatic heterocycles. The zero-order valence-corrected chi connectivity index (χ0v) is 10.6. The largest absolute Gasteiger partial charge is 0.550 e. The summed E-state index contributed by atoms with van der Waals surface area (Å²) in [5.41, 5.74) is 0.826. The van der Waals surface area contributed by atoms with E-state index in [-0.39, 0.29) is 6.42 Å². The normalized spacial score (nSPS) is 9.71. The van der Waals surface area contributed by atoms with E-state index in [0.717, 1.165) is 5.69 Å². The van der Waals surface area contributed by atoms with E-state index in [9.17, 15) is 9.90 Å². The van der Waals surface area contributed by atoms with E-state index in [1.807, 2.05) is 0 Å². The fraction of sp³-hybridized carbons (Fsp3) is 0.273. The molecule has 0 saturated heterocycles. The average Bonchev–Trinajstić information content (AvgIpc) is 2.27. The van der Waals surface area contributed by atoms with E-state index in [1.165, 1.54) is 0 Å². The number of carboxylic acids is 1. The molecule has 0 saturated carbocycles. The molecule has 92 valence electrons. The third-order valence-electron chi connectivity index (χ3n) is 1.95. The minimum absolute atomic E-state index is 0.0244. The Morgan fingerprint density at radius 1 is 1.35 bits per heavy atom. The molecule has 0 heterocycles. The molecule has 4 nitrogen and oxygen atoms in total. The SMILES string of the molecule is O=C([O-])CCCNC(=S)Nc1ccc(Cl)cc1. The molecular formula is C11H12ClN2O2S-. The molecule has 6 heteroatoms. The van der Waals surface area contributed by atoms with E-state index in [1.54, 1.807) is 24.3 Å². The van der Waals surface area contributed by atoms with E-state index < -0.39 is 5.97 Å². The van der Waals surface area contributed by atoms with Crippen molar-refractivity contribution in [2.24, 2.45) is 0 Å². The third kappa shape index (κ3) is 6.09. The van der Waals surface area contributed by atoms with Gasteiger partial charge < -0.3 is 20.5 Å². The molecule has 2 N–H and O–H groups in total. The highest BCUT2D eigenvalue weighted by Crippen LogP contribution is 2.12. The minimum Gasteiger partial charge on any atom is -0.550 e. The fourth-order valence-electron chi connectivity index (χ4n) is 1.14. The van der Waals surface area contributed by atoms with Gasteiger partial charge in [0.15, 0.2) is 5.11 Å². The standard InChI is InChI=1S/C11H13ClN2O2S/c12-8-3-5-9(6-4-8)14-11(17)13-7-1-2-10(15)16/h3-6H,1-2,7H2,(H,15,16)(H2,13,14,17)/p-1. The second kappa shape index (κ2) is 7.09. The van der Waals surface area contributed by atoms with Crippen LogP contribution in [0.15, 0.2) is 24.3 Å². The van der Waals surface area contributed by atoms with Crippen LogP contribution in [0.5, 0.6) is 0 Å². The van der Waals surface area contributed by atoms with Crippen LogP contribution < -0.4 is 15.7 Å². The lowest BCUT2D eigenvalue weighted by Gasteiger charge is -2.10. The van der Waals surface area contributed by atoms with Crippen LogP contribution in [-0.2, 0) is 4.79 Å². The Kier molecular flexibility index (Phi) is 5.72. The van der Waals surface area contributed by atoms with Gasteiger partial charge in [-0.25, -0.2) is 0 Å². The molecule has 1 aromatic carbocycles. The molecular weight excluding hydrogens is 260 g/mol. The quantitative estimate of drug-likeness (QED) is 0.621. The number of aliphatic carboxylic acids is 1. The second-order valence-electron chi connectivity index (χ2n) is 3.36. The first-order valence-electron chi connectivity index (χ1n) is 5.08. The van der Waals surface area contributed by atoms with Crippen LogP contribution in [0.1, 0.15) is 12.8 Å². The molecule has 17 heavy (non-hydrogen) atoms. The highest BCUT2D eigenvalue weighted by atomic mass is 35.5. The first kappa shape index (κ1) is 13.7. The molecule has 0 spiro atoms. The lowest BCUT2D eigenvalue weighted by Crippen LogP contribution is -2.30. The Hall–Kier alpha value is -1.33. The van der Waals surface area contributed by atoms with Gasteiger partial charge in [0.1, 0.15) is 0 Å². The van der Waals surface area contributed by atoms with Gasteiger partial charge in [0.25, 0.3) is 0 Å². The van der Waals surface area contributed by atoms with Crippen LogP contribution in [0, 0.1) is 0 Å². The number of anilines is 1. The predicted octanol–water partition coefficient (Wildman–Crippen LogP) is 1.16. The average molecular weight is 272 g/mol. The van der Waals surface area contributed by atoms with E-state index in [4.69, 9.17) is 23.8 Å². The van der Waals surface area contributed by atoms with Crippen molar-refractivity contribution in [2.75, 3.05) is 11.9 Å². The first-order chi connectivity index (χ1) is 8.08. The molecule has 0 bridgehead atoms.